The quantitative estimate of drug-likeness (QED) is 0.379. The Kier molecular flexibility index (Phi) is 6.10. The summed E-state index contributed by atoms with van der Waals surface area (Å²) in [6.07, 6.45) is 11.1. The van der Waals surface area contributed by atoms with Gasteiger partial charge in [0.15, 0.2) is 0 Å². The van der Waals surface area contributed by atoms with E-state index in [1.807, 2.05) is 12.1 Å². The number of hydrogen-bond acceptors (Lipinski definition) is 0. The SMILES string of the molecule is CCCCC[C@H]1CC[C@H](c2ccc(-c3ccc4cc(F)ccc4c3)cc2)CC1. The molecular formula is C27H31F. The summed E-state index contributed by atoms with van der Waals surface area (Å²) in [7, 11) is 0. The van der Waals surface area contributed by atoms with Crippen LogP contribution in [0.1, 0.15) is 69.8 Å². The van der Waals surface area contributed by atoms with Crippen LogP contribution in [0, 0.1) is 11.7 Å². The van der Waals surface area contributed by atoms with Crippen molar-refractivity contribution in [2.45, 2.75) is 64.2 Å². The predicted molar refractivity (Wildman–Crippen MR) is 118 cm³/mol. The van der Waals surface area contributed by atoms with Crippen LogP contribution in [-0.4, -0.2) is 0 Å². The summed E-state index contributed by atoms with van der Waals surface area (Å²) >= 11 is 0. The molecule has 0 aliphatic heterocycles. The van der Waals surface area contributed by atoms with Crippen LogP contribution in [0.15, 0.2) is 60.7 Å². The molecular weight excluding hydrogens is 343 g/mol. The van der Waals surface area contributed by atoms with Crippen LogP contribution in [-0.2, 0) is 0 Å². The largest absolute Gasteiger partial charge is 0.207 e. The lowest BCUT2D eigenvalue weighted by atomic mass is 9.77. The number of rotatable bonds is 6. The van der Waals surface area contributed by atoms with Crippen molar-refractivity contribution in [3.8, 4) is 11.1 Å². The Balaban J connectivity index is 1.41. The smallest absolute Gasteiger partial charge is 0.123 e. The lowest BCUT2D eigenvalue weighted by molar-refractivity contribution is 0.303. The van der Waals surface area contributed by atoms with Crippen LogP contribution in [0.2, 0.25) is 0 Å². The van der Waals surface area contributed by atoms with Gasteiger partial charge >= 0.3 is 0 Å². The molecule has 146 valence electrons. The molecule has 0 heterocycles. The Bertz CT molecular complexity index is 901. The number of fused-ring (bicyclic) bond motifs is 1. The molecule has 0 nitrogen and oxygen atoms in total. The minimum atomic E-state index is -0.176. The van der Waals surface area contributed by atoms with Crippen molar-refractivity contribution >= 4 is 10.8 Å². The fourth-order valence-electron chi connectivity index (χ4n) is 4.81. The Morgan fingerprint density at radius 1 is 0.750 bits per heavy atom. The number of hydrogen-bond donors (Lipinski definition) is 0. The molecule has 3 aromatic rings. The van der Waals surface area contributed by atoms with E-state index in [-0.39, 0.29) is 5.82 Å². The molecule has 0 radical (unpaired) electrons. The molecule has 0 amide bonds. The summed E-state index contributed by atoms with van der Waals surface area (Å²) in [5, 5.41) is 2.04. The zero-order valence-electron chi connectivity index (χ0n) is 17.0. The van der Waals surface area contributed by atoms with Crippen molar-refractivity contribution in [3.63, 3.8) is 0 Å². The fourth-order valence-corrected chi connectivity index (χ4v) is 4.81. The van der Waals surface area contributed by atoms with E-state index in [2.05, 4.69) is 43.3 Å². The molecule has 0 aromatic heterocycles. The molecule has 0 atom stereocenters. The Morgan fingerprint density at radius 2 is 1.43 bits per heavy atom. The van der Waals surface area contributed by atoms with E-state index in [1.54, 1.807) is 6.07 Å². The van der Waals surface area contributed by atoms with Gasteiger partial charge in [-0.3, -0.25) is 0 Å². The lowest BCUT2D eigenvalue weighted by Crippen LogP contribution is -2.13. The Labute approximate surface area is 168 Å². The van der Waals surface area contributed by atoms with E-state index >= 15 is 0 Å². The van der Waals surface area contributed by atoms with E-state index < -0.39 is 0 Å². The maximum Gasteiger partial charge on any atom is 0.123 e. The molecule has 0 N–H and O–H groups in total. The van der Waals surface area contributed by atoms with Crippen molar-refractivity contribution in [2.24, 2.45) is 5.92 Å². The zero-order valence-corrected chi connectivity index (χ0v) is 17.0. The van der Waals surface area contributed by atoms with E-state index in [0.717, 1.165) is 22.6 Å². The fraction of sp³-hybridized carbons (Fsp3) is 0.407. The molecule has 0 saturated heterocycles. The average molecular weight is 375 g/mol. The molecule has 1 fully saturated rings. The third kappa shape index (κ3) is 4.46. The van der Waals surface area contributed by atoms with Crippen LogP contribution in [0.5, 0.6) is 0 Å². The molecule has 0 spiro atoms. The van der Waals surface area contributed by atoms with Crippen molar-refractivity contribution in [1.29, 1.82) is 0 Å². The Morgan fingerprint density at radius 3 is 2.18 bits per heavy atom. The predicted octanol–water partition coefficient (Wildman–Crippen LogP) is 8.50. The summed E-state index contributed by atoms with van der Waals surface area (Å²) in [5.41, 5.74) is 3.94. The lowest BCUT2D eigenvalue weighted by Gasteiger charge is -2.29. The molecule has 0 unspecified atom stereocenters. The summed E-state index contributed by atoms with van der Waals surface area (Å²) in [5.74, 6) is 1.52. The zero-order chi connectivity index (χ0) is 19.3. The van der Waals surface area contributed by atoms with Crippen LogP contribution in [0.4, 0.5) is 4.39 Å². The third-order valence-corrected chi connectivity index (χ3v) is 6.58. The van der Waals surface area contributed by atoms with Gasteiger partial charge in [0.1, 0.15) is 5.82 Å². The van der Waals surface area contributed by atoms with Crippen molar-refractivity contribution in [1.82, 2.24) is 0 Å². The maximum absolute atomic E-state index is 13.4. The number of halogens is 1. The van der Waals surface area contributed by atoms with Gasteiger partial charge in [-0.15, -0.1) is 0 Å². The molecule has 3 aromatic carbocycles. The minimum Gasteiger partial charge on any atom is -0.207 e. The average Bonchev–Trinajstić information content (AvgIpc) is 2.74. The van der Waals surface area contributed by atoms with Gasteiger partial charge < -0.3 is 0 Å². The second kappa shape index (κ2) is 8.90. The van der Waals surface area contributed by atoms with Crippen molar-refractivity contribution < 1.29 is 4.39 Å². The molecule has 0 bridgehead atoms. The monoisotopic (exact) mass is 374 g/mol. The minimum absolute atomic E-state index is 0.176. The first-order chi connectivity index (χ1) is 13.7. The van der Waals surface area contributed by atoms with E-state index in [9.17, 15) is 4.39 Å². The molecule has 1 saturated carbocycles. The van der Waals surface area contributed by atoms with E-state index in [1.165, 1.54) is 74.1 Å². The van der Waals surface area contributed by atoms with Gasteiger partial charge in [-0.05, 0) is 83.2 Å². The van der Waals surface area contributed by atoms with Gasteiger partial charge in [0.25, 0.3) is 0 Å². The summed E-state index contributed by atoms with van der Waals surface area (Å²) in [6.45, 7) is 2.29. The van der Waals surface area contributed by atoms with Crippen molar-refractivity contribution in [2.75, 3.05) is 0 Å². The standard InChI is InChI=1S/C27H31F/c1-2-3-4-5-20-6-8-21(9-7-20)22-10-12-23(13-11-22)24-14-15-26-19-27(28)17-16-25(26)18-24/h10-21H,2-9H2,1H3/t20-,21-. The first kappa shape index (κ1) is 19.2. The number of unbranched alkanes of at least 4 members (excludes halogenated alkanes) is 2. The van der Waals surface area contributed by atoms with Crippen LogP contribution in [0.25, 0.3) is 21.9 Å². The van der Waals surface area contributed by atoms with Gasteiger partial charge in [-0.2, -0.15) is 0 Å². The van der Waals surface area contributed by atoms with Crippen LogP contribution >= 0.6 is 0 Å². The van der Waals surface area contributed by atoms with Crippen molar-refractivity contribution in [3.05, 3.63) is 72.0 Å². The first-order valence-corrected chi connectivity index (χ1v) is 11.0. The van der Waals surface area contributed by atoms with Gasteiger partial charge in [0.05, 0.1) is 0 Å². The molecule has 28 heavy (non-hydrogen) atoms. The van der Waals surface area contributed by atoms with Gasteiger partial charge in [-0.25, -0.2) is 4.39 Å². The highest BCUT2D eigenvalue weighted by molar-refractivity contribution is 5.87. The topological polar surface area (TPSA) is 0 Å². The summed E-state index contributed by atoms with van der Waals surface area (Å²) in [4.78, 5) is 0. The second-order valence-corrected chi connectivity index (χ2v) is 8.54. The maximum atomic E-state index is 13.4. The van der Waals surface area contributed by atoms with Crippen LogP contribution < -0.4 is 0 Å². The molecule has 4 rings (SSSR count). The van der Waals surface area contributed by atoms with Gasteiger partial charge in [0.2, 0.25) is 0 Å². The highest BCUT2D eigenvalue weighted by Gasteiger charge is 2.22. The normalized spacial score (nSPS) is 19.8. The van der Waals surface area contributed by atoms with Crippen LogP contribution in [0.3, 0.4) is 0 Å². The second-order valence-electron chi connectivity index (χ2n) is 8.54. The molecule has 1 aliphatic carbocycles. The van der Waals surface area contributed by atoms with Gasteiger partial charge in [-0.1, -0.05) is 75.1 Å². The highest BCUT2D eigenvalue weighted by Crippen LogP contribution is 2.38. The molecule has 1 heteroatoms. The summed E-state index contributed by atoms with van der Waals surface area (Å²) in [6, 6.07) is 20.4. The highest BCUT2D eigenvalue weighted by atomic mass is 19.1. The molecule has 1 aliphatic rings. The first-order valence-electron chi connectivity index (χ1n) is 11.0. The summed E-state index contributed by atoms with van der Waals surface area (Å²) < 4.78 is 13.4. The Hall–Kier alpha value is -2.15. The van der Waals surface area contributed by atoms with E-state index in [0.29, 0.717) is 0 Å². The number of benzene rings is 3. The van der Waals surface area contributed by atoms with E-state index in [4.69, 9.17) is 0 Å². The third-order valence-electron chi connectivity index (χ3n) is 6.58. The van der Waals surface area contributed by atoms with Gasteiger partial charge in [0, 0.05) is 0 Å².